The van der Waals surface area contributed by atoms with Crippen LogP contribution in [-0.4, -0.2) is 20.2 Å². The van der Waals surface area contributed by atoms with Crippen LogP contribution in [0, 0.1) is 0 Å². The van der Waals surface area contributed by atoms with E-state index in [2.05, 4.69) is 29.2 Å². The fraction of sp³-hybridized carbons (Fsp3) is 0.294. The van der Waals surface area contributed by atoms with Gasteiger partial charge in [0, 0.05) is 24.5 Å². The third-order valence-corrected chi connectivity index (χ3v) is 3.93. The van der Waals surface area contributed by atoms with Crippen LogP contribution >= 0.6 is 0 Å². The van der Waals surface area contributed by atoms with Crippen LogP contribution in [0.1, 0.15) is 11.1 Å². The third-order valence-electron chi connectivity index (χ3n) is 3.93. The zero-order valence-corrected chi connectivity index (χ0v) is 11.8. The molecule has 1 heterocycles. The van der Waals surface area contributed by atoms with Crippen molar-refractivity contribution >= 4 is 11.4 Å². The molecule has 2 aromatic rings. The van der Waals surface area contributed by atoms with E-state index in [0.717, 1.165) is 37.4 Å². The van der Waals surface area contributed by atoms with Crippen LogP contribution in [0.3, 0.4) is 0 Å². The first-order valence-electron chi connectivity index (χ1n) is 7.02. The van der Waals surface area contributed by atoms with E-state index in [9.17, 15) is 0 Å². The molecular weight excluding hydrogens is 248 g/mol. The summed E-state index contributed by atoms with van der Waals surface area (Å²) in [5.41, 5.74) is 10.8. The summed E-state index contributed by atoms with van der Waals surface area (Å²) >= 11 is 0. The van der Waals surface area contributed by atoms with Gasteiger partial charge in [-0.05, 0) is 48.2 Å². The number of nitrogen functional groups attached to an aromatic ring is 1. The maximum absolute atomic E-state index is 5.89. The largest absolute Gasteiger partial charge is 0.497 e. The molecule has 0 amide bonds. The smallest absolute Gasteiger partial charge is 0.118 e. The number of anilines is 2. The van der Waals surface area contributed by atoms with Gasteiger partial charge < -0.3 is 15.4 Å². The van der Waals surface area contributed by atoms with Crippen LogP contribution in [0.5, 0.6) is 5.75 Å². The van der Waals surface area contributed by atoms with Crippen LogP contribution in [0.25, 0.3) is 0 Å². The molecule has 0 fully saturated rings. The SMILES string of the molecule is COc1ccc(CCN2CCc3ccc(N)cc32)cc1. The van der Waals surface area contributed by atoms with Gasteiger partial charge in [-0.1, -0.05) is 18.2 Å². The topological polar surface area (TPSA) is 38.5 Å². The summed E-state index contributed by atoms with van der Waals surface area (Å²) in [4.78, 5) is 2.43. The highest BCUT2D eigenvalue weighted by atomic mass is 16.5. The Balaban J connectivity index is 1.66. The summed E-state index contributed by atoms with van der Waals surface area (Å²) in [7, 11) is 1.70. The van der Waals surface area contributed by atoms with Crippen molar-refractivity contribution in [2.24, 2.45) is 0 Å². The Labute approximate surface area is 120 Å². The van der Waals surface area contributed by atoms with Gasteiger partial charge in [-0.25, -0.2) is 0 Å². The molecule has 20 heavy (non-hydrogen) atoms. The lowest BCUT2D eigenvalue weighted by atomic mass is 10.1. The van der Waals surface area contributed by atoms with Gasteiger partial charge in [-0.2, -0.15) is 0 Å². The number of benzene rings is 2. The average Bonchev–Trinajstić information content (AvgIpc) is 2.88. The molecule has 0 radical (unpaired) electrons. The summed E-state index contributed by atoms with van der Waals surface area (Å²) in [6.07, 6.45) is 2.16. The average molecular weight is 268 g/mol. The lowest BCUT2D eigenvalue weighted by molar-refractivity contribution is 0.414. The number of hydrogen-bond donors (Lipinski definition) is 1. The van der Waals surface area contributed by atoms with E-state index in [0.29, 0.717) is 0 Å². The minimum atomic E-state index is 0.847. The predicted molar refractivity (Wildman–Crippen MR) is 83.5 cm³/mol. The first kappa shape index (κ1) is 12.9. The molecule has 0 saturated carbocycles. The molecule has 0 atom stereocenters. The van der Waals surface area contributed by atoms with Crippen LogP contribution < -0.4 is 15.4 Å². The van der Waals surface area contributed by atoms with Gasteiger partial charge in [-0.3, -0.25) is 0 Å². The third kappa shape index (κ3) is 2.57. The summed E-state index contributed by atoms with van der Waals surface area (Å²) in [5, 5.41) is 0. The Bertz CT molecular complexity index is 592. The Hall–Kier alpha value is -2.16. The van der Waals surface area contributed by atoms with Gasteiger partial charge in [0.25, 0.3) is 0 Å². The number of nitrogens with zero attached hydrogens (tertiary/aromatic N) is 1. The summed E-state index contributed by atoms with van der Waals surface area (Å²) in [6, 6.07) is 14.5. The van der Waals surface area contributed by atoms with Crippen molar-refractivity contribution in [3.63, 3.8) is 0 Å². The molecule has 2 N–H and O–H groups in total. The molecule has 0 unspecified atom stereocenters. The highest BCUT2D eigenvalue weighted by molar-refractivity contribution is 5.64. The minimum Gasteiger partial charge on any atom is -0.497 e. The van der Waals surface area contributed by atoms with Gasteiger partial charge in [-0.15, -0.1) is 0 Å². The van der Waals surface area contributed by atoms with E-state index in [-0.39, 0.29) is 0 Å². The first-order valence-corrected chi connectivity index (χ1v) is 7.02. The van der Waals surface area contributed by atoms with Crippen LogP contribution in [0.2, 0.25) is 0 Å². The zero-order valence-electron chi connectivity index (χ0n) is 11.8. The highest BCUT2D eigenvalue weighted by Gasteiger charge is 2.18. The maximum Gasteiger partial charge on any atom is 0.118 e. The summed E-state index contributed by atoms with van der Waals surface area (Å²) in [6.45, 7) is 2.12. The number of methoxy groups -OCH3 is 1. The van der Waals surface area contributed by atoms with Crippen LogP contribution in [-0.2, 0) is 12.8 Å². The quantitative estimate of drug-likeness (QED) is 0.867. The van der Waals surface area contributed by atoms with Crippen molar-refractivity contribution in [3.05, 3.63) is 53.6 Å². The highest BCUT2D eigenvalue weighted by Crippen LogP contribution is 2.29. The van der Waals surface area contributed by atoms with E-state index in [1.54, 1.807) is 7.11 Å². The molecule has 0 aromatic heterocycles. The lowest BCUT2D eigenvalue weighted by Gasteiger charge is -2.19. The molecule has 0 aliphatic carbocycles. The van der Waals surface area contributed by atoms with E-state index < -0.39 is 0 Å². The molecular formula is C17H20N2O. The van der Waals surface area contributed by atoms with Crippen molar-refractivity contribution in [3.8, 4) is 5.75 Å². The van der Waals surface area contributed by atoms with Gasteiger partial charge in [0.05, 0.1) is 7.11 Å². The zero-order chi connectivity index (χ0) is 13.9. The Morgan fingerprint density at radius 3 is 2.70 bits per heavy atom. The van der Waals surface area contributed by atoms with Crippen molar-refractivity contribution < 1.29 is 4.74 Å². The van der Waals surface area contributed by atoms with Gasteiger partial charge in [0.15, 0.2) is 0 Å². The molecule has 2 aromatic carbocycles. The number of rotatable bonds is 4. The van der Waals surface area contributed by atoms with Crippen molar-refractivity contribution in [1.29, 1.82) is 0 Å². The van der Waals surface area contributed by atoms with E-state index in [1.807, 2.05) is 18.2 Å². The Morgan fingerprint density at radius 2 is 1.95 bits per heavy atom. The second-order valence-corrected chi connectivity index (χ2v) is 5.22. The molecule has 0 spiro atoms. The minimum absolute atomic E-state index is 0.847. The van der Waals surface area contributed by atoms with Crippen LogP contribution in [0.4, 0.5) is 11.4 Å². The standard InChI is InChI=1S/C17H20N2O/c1-20-16-6-2-13(3-7-16)8-10-19-11-9-14-4-5-15(18)12-17(14)19/h2-7,12H,8-11,18H2,1H3. The van der Waals surface area contributed by atoms with Gasteiger partial charge >= 0.3 is 0 Å². The number of nitrogens with two attached hydrogens (primary N) is 1. The van der Waals surface area contributed by atoms with Crippen molar-refractivity contribution in [2.75, 3.05) is 30.8 Å². The van der Waals surface area contributed by atoms with Gasteiger partial charge in [0.2, 0.25) is 0 Å². The van der Waals surface area contributed by atoms with E-state index >= 15 is 0 Å². The molecule has 1 aliphatic heterocycles. The van der Waals surface area contributed by atoms with Crippen molar-refractivity contribution in [1.82, 2.24) is 0 Å². The molecule has 0 bridgehead atoms. The fourth-order valence-corrected chi connectivity index (χ4v) is 2.75. The molecule has 3 heteroatoms. The molecule has 3 rings (SSSR count). The Kier molecular flexibility index (Phi) is 3.50. The number of hydrogen-bond acceptors (Lipinski definition) is 3. The normalized spacial score (nSPS) is 13.3. The molecule has 3 nitrogen and oxygen atoms in total. The fourth-order valence-electron chi connectivity index (χ4n) is 2.75. The monoisotopic (exact) mass is 268 g/mol. The number of ether oxygens (including phenoxy) is 1. The van der Waals surface area contributed by atoms with Crippen molar-refractivity contribution in [2.45, 2.75) is 12.8 Å². The first-order chi connectivity index (χ1) is 9.76. The van der Waals surface area contributed by atoms with Crippen LogP contribution in [0.15, 0.2) is 42.5 Å². The predicted octanol–water partition coefficient (Wildman–Crippen LogP) is 2.88. The molecule has 104 valence electrons. The molecule has 1 aliphatic rings. The van der Waals surface area contributed by atoms with E-state index in [1.165, 1.54) is 16.8 Å². The lowest BCUT2D eigenvalue weighted by Crippen LogP contribution is -2.23. The maximum atomic E-state index is 5.89. The second-order valence-electron chi connectivity index (χ2n) is 5.22. The number of fused-ring (bicyclic) bond motifs is 1. The second kappa shape index (κ2) is 5.45. The van der Waals surface area contributed by atoms with Gasteiger partial charge in [0.1, 0.15) is 5.75 Å². The summed E-state index contributed by atoms with van der Waals surface area (Å²) in [5.74, 6) is 0.910. The summed E-state index contributed by atoms with van der Waals surface area (Å²) < 4.78 is 5.18. The van der Waals surface area contributed by atoms with E-state index in [4.69, 9.17) is 10.5 Å². The molecule has 0 saturated heterocycles. The Morgan fingerprint density at radius 1 is 1.15 bits per heavy atom.